The quantitative estimate of drug-likeness (QED) is 0.691. The van der Waals surface area contributed by atoms with Crippen molar-refractivity contribution in [3.63, 3.8) is 0 Å². The number of hydrogen-bond acceptors (Lipinski definition) is 0. The zero-order valence-electron chi connectivity index (χ0n) is 8.40. The smallest absolute Gasteiger partial charge is 0.129 e. The Labute approximate surface area is 93.2 Å². The third-order valence-electron chi connectivity index (χ3n) is 3.31. The minimum absolute atomic E-state index is 0.0649. The fraction of sp³-hybridized carbons (Fsp3) is 0.500. The Balaban J connectivity index is 2.23. The minimum Gasteiger partial charge on any atom is -0.207 e. The molecular weight excluding hydrogens is 218 g/mol. The second-order valence-corrected chi connectivity index (χ2v) is 4.63. The molecule has 1 aliphatic carbocycles. The molecule has 1 aliphatic rings. The Morgan fingerprint density at radius 2 is 1.80 bits per heavy atom. The van der Waals surface area contributed by atoms with Gasteiger partial charge >= 0.3 is 0 Å². The zero-order valence-corrected chi connectivity index (χ0v) is 9.16. The van der Waals surface area contributed by atoms with Crippen LogP contribution in [0.1, 0.15) is 24.8 Å². The van der Waals surface area contributed by atoms with Crippen LogP contribution >= 0.6 is 11.6 Å². The molecule has 0 spiro atoms. The molecule has 0 radical (unpaired) electrons. The average molecular weight is 231 g/mol. The lowest BCUT2D eigenvalue weighted by Crippen LogP contribution is -2.34. The normalized spacial score (nSPS) is 18.6. The van der Waals surface area contributed by atoms with Gasteiger partial charge in [-0.3, -0.25) is 0 Å². The molecule has 0 nitrogen and oxygen atoms in total. The van der Waals surface area contributed by atoms with Crippen LogP contribution in [0.3, 0.4) is 0 Å². The fourth-order valence-electron chi connectivity index (χ4n) is 2.11. The minimum atomic E-state index is -0.452. The summed E-state index contributed by atoms with van der Waals surface area (Å²) in [5.74, 6) is -0.418. The molecule has 82 valence electrons. The Morgan fingerprint density at radius 1 is 1.20 bits per heavy atom. The molecule has 1 aromatic rings. The van der Waals surface area contributed by atoms with Crippen LogP contribution in [0.5, 0.6) is 0 Å². The fourth-order valence-corrected chi connectivity index (χ4v) is 2.47. The van der Waals surface area contributed by atoms with E-state index < -0.39 is 11.6 Å². The maximum atomic E-state index is 13.4. The summed E-state index contributed by atoms with van der Waals surface area (Å²) in [5, 5.41) is 0. The van der Waals surface area contributed by atoms with Crippen LogP contribution in [0.2, 0.25) is 0 Å². The van der Waals surface area contributed by atoms with E-state index in [4.69, 9.17) is 11.6 Å². The van der Waals surface area contributed by atoms with Crippen molar-refractivity contribution in [1.29, 1.82) is 0 Å². The molecule has 0 amide bonds. The molecule has 0 atom stereocenters. The first-order valence-electron chi connectivity index (χ1n) is 5.16. The van der Waals surface area contributed by atoms with E-state index in [9.17, 15) is 8.78 Å². The molecule has 0 aromatic heterocycles. The standard InChI is InChI=1S/C12H13ClF2/c13-8-12(5-2-6-12)7-9-10(14)3-1-4-11(9)15/h1,3-4H,2,5-8H2. The van der Waals surface area contributed by atoms with E-state index >= 15 is 0 Å². The first kappa shape index (κ1) is 10.9. The van der Waals surface area contributed by atoms with E-state index in [1.807, 2.05) is 0 Å². The molecule has 1 fully saturated rings. The van der Waals surface area contributed by atoms with Crippen molar-refractivity contribution in [1.82, 2.24) is 0 Å². The van der Waals surface area contributed by atoms with Gasteiger partial charge in [-0.25, -0.2) is 8.78 Å². The lowest BCUT2D eigenvalue weighted by atomic mass is 9.67. The second kappa shape index (κ2) is 4.09. The molecule has 0 aliphatic heterocycles. The molecule has 0 saturated heterocycles. The van der Waals surface area contributed by atoms with Crippen LogP contribution in [-0.4, -0.2) is 5.88 Å². The predicted molar refractivity (Wildman–Crippen MR) is 57.1 cm³/mol. The predicted octanol–water partition coefficient (Wildman–Crippen LogP) is 3.92. The first-order valence-corrected chi connectivity index (χ1v) is 5.69. The molecule has 0 heterocycles. The Morgan fingerprint density at radius 3 is 2.20 bits per heavy atom. The van der Waals surface area contributed by atoms with E-state index in [0.717, 1.165) is 19.3 Å². The molecule has 1 saturated carbocycles. The highest BCUT2D eigenvalue weighted by Crippen LogP contribution is 2.45. The highest BCUT2D eigenvalue weighted by molar-refractivity contribution is 6.18. The first-order chi connectivity index (χ1) is 7.17. The van der Waals surface area contributed by atoms with Gasteiger partial charge in [-0.2, -0.15) is 0 Å². The summed E-state index contributed by atoms with van der Waals surface area (Å²) in [6.45, 7) is 0. The third-order valence-corrected chi connectivity index (χ3v) is 3.88. The molecule has 0 unspecified atom stereocenters. The van der Waals surface area contributed by atoms with Crippen LogP contribution < -0.4 is 0 Å². The van der Waals surface area contributed by atoms with Gasteiger partial charge in [-0.15, -0.1) is 11.6 Å². The summed E-state index contributed by atoms with van der Waals surface area (Å²) < 4.78 is 26.8. The van der Waals surface area contributed by atoms with E-state index in [1.54, 1.807) is 0 Å². The van der Waals surface area contributed by atoms with Gasteiger partial charge in [-0.1, -0.05) is 12.5 Å². The van der Waals surface area contributed by atoms with E-state index in [0.29, 0.717) is 12.3 Å². The summed E-state index contributed by atoms with van der Waals surface area (Å²) >= 11 is 5.87. The maximum Gasteiger partial charge on any atom is 0.129 e. The number of alkyl halides is 1. The van der Waals surface area contributed by atoms with Gasteiger partial charge in [0.1, 0.15) is 11.6 Å². The van der Waals surface area contributed by atoms with Crippen molar-refractivity contribution < 1.29 is 8.78 Å². The monoisotopic (exact) mass is 230 g/mol. The molecule has 0 bridgehead atoms. The number of benzene rings is 1. The second-order valence-electron chi connectivity index (χ2n) is 4.36. The van der Waals surface area contributed by atoms with Gasteiger partial charge in [-0.05, 0) is 36.8 Å². The van der Waals surface area contributed by atoms with E-state index in [2.05, 4.69) is 0 Å². The summed E-state index contributed by atoms with van der Waals surface area (Å²) in [7, 11) is 0. The van der Waals surface area contributed by atoms with Crippen LogP contribution in [0.4, 0.5) is 8.78 Å². The number of hydrogen-bond donors (Lipinski definition) is 0. The van der Waals surface area contributed by atoms with Crippen molar-refractivity contribution >= 4 is 11.6 Å². The van der Waals surface area contributed by atoms with E-state index in [-0.39, 0.29) is 11.0 Å². The maximum absolute atomic E-state index is 13.4. The average Bonchev–Trinajstić information content (AvgIpc) is 2.15. The summed E-state index contributed by atoms with van der Waals surface area (Å²) in [6.07, 6.45) is 3.49. The molecule has 3 heteroatoms. The van der Waals surface area contributed by atoms with Crippen LogP contribution in [0, 0.1) is 17.0 Å². The molecule has 15 heavy (non-hydrogen) atoms. The van der Waals surface area contributed by atoms with E-state index in [1.165, 1.54) is 18.2 Å². The molecule has 1 aromatic carbocycles. The summed E-state index contributed by atoms with van der Waals surface area (Å²) in [6, 6.07) is 4.00. The summed E-state index contributed by atoms with van der Waals surface area (Å²) in [5.41, 5.74) is 0.128. The molecule has 0 N–H and O–H groups in total. The Kier molecular flexibility index (Phi) is 2.96. The highest BCUT2D eigenvalue weighted by atomic mass is 35.5. The SMILES string of the molecule is Fc1cccc(F)c1CC1(CCl)CCC1. The van der Waals surface area contributed by atoms with Gasteiger partial charge in [0.25, 0.3) is 0 Å². The lowest BCUT2D eigenvalue weighted by molar-refractivity contribution is 0.162. The van der Waals surface area contributed by atoms with Crippen molar-refractivity contribution in [3.8, 4) is 0 Å². The van der Waals surface area contributed by atoms with Crippen molar-refractivity contribution in [3.05, 3.63) is 35.4 Å². The van der Waals surface area contributed by atoms with Crippen LogP contribution in [0.25, 0.3) is 0 Å². The van der Waals surface area contributed by atoms with Crippen molar-refractivity contribution in [2.75, 3.05) is 5.88 Å². The van der Waals surface area contributed by atoms with Gasteiger partial charge in [0.2, 0.25) is 0 Å². The Hall–Kier alpha value is -0.630. The van der Waals surface area contributed by atoms with Gasteiger partial charge in [0.15, 0.2) is 0 Å². The van der Waals surface area contributed by atoms with Crippen molar-refractivity contribution in [2.45, 2.75) is 25.7 Å². The van der Waals surface area contributed by atoms with Gasteiger partial charge < -0.3 is 0 Å². The molecule has 2 rings (SSSR count). The van der Waals surface area contributed by atoms with Crippen LogP contribution in [-0.2, 0) is 6.42 Å². The molecular formula is C12H13ClF2. The van der Waals surface area contributed by atoms with Gasteiger partial charge in [0, 0.05) is 11.4 Å². The number of halogens is 3. The Bertz CT molecular complexity index is 333. The summed E-state index contributed by atoms with van der Waals surface area (Å²) in [4.78, 5) is 0. The van der Waals surface area contributed by atoms with Gasteiger partial charge in [0.05, 0.1) is 0 Å². The zero-order chi connectivity index (χ0) is 10.9. The lowest BCUT2D eigenvalue weighted by Gasteiger charge is -2.40. The highest BCUT2D eigenvalue weighted by Gasteiger charge is 2.37. The third kappa shape index (κ3) is 2.00. The van der Waals surface area contributed by atoms with Crippen LogP contribution in [0.15, 0.2) is 18.2 Å². The number of rotatable bonds is 3. The topological polar surface area (TPSA) is 0 Å². The van der Waals surface area contributed by atoms with Crippen molar-refractivity contribution in [2.24, 2.45) is 5.41 Å². The largest absolute Gasteiger partial charge is 0.207 e.